The van der Waals surface area contributed by atoms with E-state index in [-0.39, 0.29) is 21.1 Å². The fourth-order valence-corrected chi connectivity index (χ4v) is 3.90. The molecule has 0 unspecified atom stereocenters. The molecule has 0 atom stereocenters. The second kappa shape index (κ2) is 6.28. The number of nitrogens with one attached hydrogen (secondary N) is 3. The van der Waals surface area contributed by atoms with Gasteiger partial charge in [0.1, 0.15) is 4.60 Å². The summed E-state index contributed by atoms with van der Waals surface area (Å²) < 4.78 is 28.1. The Hall–Kier alpha value is -2.17. The summed E-state index contributed by atoms with van der Waals surface area (Å²) in [5.74, 6) is 0. The van der Waals surface area contributed by atoms with E-state index in [0.29, 0.717) is 15.7 Å². The number of pyridine rings is 1. The molecule has 0 spiro atoms. The zero-order valence-corrected chi connectivity index (χ0v) is 15.7. The van der Waals surface area contributed by atoms with Gasteiger partial charge >= 0.3 is 11.1 Å². The first kappa shape index (κ1) is 17.6. The first-order valence-corrected chi connectivity index (χ1v) is 9.43. The van der Waals surface area contributed by atoms with E-state index in [0.717, 1.165) is 0 Å². The molecule has 0 bridgehead atoms. The van der Waals surface area contributed by atoms with Crippen molar-refractivity contribution in [3.8, 4) is 0 Å². The topological polar surface area (TPSA) is 125 Å². The summed E-state index contributed by atoms with van der Waals surface area (Å²) in [5, 5.41) is 0.248. The molecule has 8 nitrogen and oxygen atoms in total. The van der Waals surface area contributed by atoms with E-state index in [1.165, 1.54) is 24.4 Å². The van der Waals surface area contributed by atoms with Gasteiger partial charge in [-0.1, -0.05) is 11.6 Å². The molecule has 2 aromatic heterocycles. The molecule has 3 N–H and O–H groups in total. The molecule has 3 rings (SSSR count). The third-order valence-corrected chi connectivity index (χ3v) is 6.03. The van der Waals surface area contributed by atoms with Crippen LogP contribution in [0.2, 0.25) is 5.02 Å². The zero-order chi connectivity index (χ0) is 18.4. The minimum Gasteiger partial charge on any atom is -0.316 e. The van der Waals surface area contributed by atoms with Crippen molar-refractivity contribution in [2.45, 2.75) is 11.8 Å². The van der Waals surface area contributed by atoms with E-state index >= 15 is 0 Å². The highest BCUT2D eigenvalue weighted by Gasteiger charge is 2.19. The molecular formula is C14H10BrClN4O4S. The maximum atomic E-state index is 12.7. The van der Waals surface area contributed by atoms with Gasteiger partial charge < -0.3 is 9.97 Å². The fraction of sp³-hybridized carbons (Fsp3) is 0.0714. The molecule has 1 aromatic carbocycles. The second-order valence-electron chi connectivity index (χ2n) is 5.17. The van der Waals surface area contributed by atoms with E-state index in [9.17, 15) is 18.0 Å². The van der Waals surface area contributed by atoms with E-state index < -0.39 is 21.1 Å². The van der Waals surface area contributed by atoms with Crippen LogP contribution in [-0.2, 0) is 10.0 Å². The molecule has 25 heavy (non-hydrogen) atoms. The zero-order valence-electron chi connectivity index (χ0n) is 12.6. The van der Waals surface area contributed by atoms with Gasteiger partial charge in [0, 0.05) is 0 Å². The lowest BCUT2D eigenvalue weighted by Gasteiger charge is -2.11. The third-order valence-electron chi connectivity index (χ3n) is 3.36. The third kappa shape index (κ3) is 3.46. The molecule has 0 radical (unpaired) electrons. The second-order valence-corrected chi connectivity index (χ2v) is 7.98. The van der Waals surface area contributed by atoms with Gasteiger partial charge in [0.2, 0.25) is 0 Å². The van der Waals surface area contributed by atoms with Crippen molar-refractivity contribution in [1.82, 2.24) is 15.0 Å². The van der Waals surface area contributed by atoms with Crippen LogP contribution in [0.25, 0.3) is 11.0 Å². The van der Waals surface area contributed by atoms with Gasteiger partial charge in [-0.25, -0.2) is 13.4 Å². The number of aromatic nitrogens is 3. The number of fused-ring (bicyclic) bond motifs is 1. The van der Waals surface area contributed by atoms with Crippen LogP contribution in [0.3, 0.4) is 0 Å². The summed E-state index contributed by atoms with van der Waals surface area (Å²) >= 11 is 9.03. The number of hydrogen-bond acceptors (Lipinski definition) is 5. The van der Waals surface area contributed by atoms with Crippen LogP contribution in [0.4, 0.5) is 5.69 Å². The van der Waals surface area contributed by atoms with Gasteiger partial charge in [0.05, 0.1) is 32.8 Å². The van der Waals surface area contributed by atoms with Crippen LogP contribution >= 0.6 is 27.5 Å². The number of hydrogen-bond donors (Lipinski definition) is 3. The molecule has 2 heterocycles. The summed E-state index contributed by atoms with van der Waals surface area (Å²) in [6.45, 7) is 1.57. The summed E-state index contributed by atoms with van der Waals surface area (Å²) in [4.78, 5) is 31.4. The number of anilines is 1. The van der Waals surface area contributed by atoms with Crippen molar-refractivity contribution >= 4 is 54.3 Å². The Kier molecular flexibility index (Phi) is 4.43. The number of nitrogens with zero attached hydrogens (tertiary/aromatic N) is 1. The van der Waals surface area contributed by atoms with Crippen molar-refractivity contribution in [3.63, 3.8) is 0 Å². The largest absolute Gasteiger partial charge is 0.316 e. The van der Waals surface area contributed by atoms with Crippen molar-refractivity contribution in [2.24, 2.45) is 0 Å². The summed E-state index contributed by atoms with van der Waals surface area (Å²) in [5.41, 5.74) is -0.578. The van der Waals surface area contributed by atoms with E-state index in [4.69, 9.17) is 11.6 Å². The van der Waals surface area contributed by atoms with Gasteiger partial charge in [0.25, 0.3) is 10.0 Å². The predicted octanol–water partition coefficient (Wildman–Crippen LogP) is 2.14. The van der Waals surface area contributed by atoms with Crippen LogP contribution in [0.15, 0.2) is 43.5 Å². The highest BCUT2D eigenvalue weighted by atomic mass is 79.9. The lowest BCUT2D eigenvalue weighted by Crippen LogP contribution is -2.29. The Morgan fingerprint density at radius 1 is 1.12 bits per heavy atom. The van der Waals surface area contributed by atoms with Gasteiger partial charge in [-0.05, 0) is 46.6 Å². The monoisotopic (exact) mass is 444 g/mol. The molecule has 3 aromatic rings. The van der Waals surface area contributed by atoms with Crippen LogP contribution in [0.5, 0.6) is 0 Å². The van der Waals surface area contributed by atoms with E-state index in [2.05, 4.69) is 35.6 Å². The molecule has 0 aliphatic rings. The van der Waals surface area contributed by atoms with Gasteiger partial charge in [-0.15, -0.1) is 0 Å². The summed E-state index contributed by atoms with van der Waals surface area (Å²) in [6.07, 6.45) is 1.31. The maximum Gasteiger partial charge on any atom is 0.314 e. The van der Waals surface area contributed by atoms with E-state index in [1.54, 1.807) is 6.92 Å². The van der Waals surface area contributed by atoms with Crippen molar-refractivity contribution in [3.05, 3.63) is 60.3 Å². The van der Waals surface area contributed by atoms with Crippen molar-refractivity contribution in [2.75, 3.05) is 4.72 Å². The molecule has 11 heteroatoms. The average molecular weight is 446 g/mol. The van der Waals surface area contributed by atoms with Crippen LogP contribution in [0.1, 0.15) is 5.56 Å². The average Bonchev–Trinajstić information content (AvgIpc) is 2.51. The van der Waals surface area contributed by atoms with Gasteiger partial charge in [-0.3, -0.25) is 14.3 Å². The summed E-state index contributed by atoms with van der Waals surface area (Å²) in [6, 6.07) is 4.15. The maximum absolute atomic E-state index is 12.7. The predicted molar refractivity (Wildman–Crippen MR) is 97.7 cm³/mol. The van der Waals surface area contributed by atoms with Crippen molar-refractivity contribution in [1.29, 1.82) is 0 Å². The number of rotatable bonds is 3. The highest BCUT2D eigenvalue weighted by molar-refractivity contribution is 9.10. The number of aryl methyl sites for hydroxylation is 1. The SMILES string of the molecule is Cc1cc2[nH]c(=O)c(=O)[nH]c2cc1S(=O)(=O)Nc1cnc(Br)c(Cl)c1. The molecule has 0 fully saturated rings. The smallest absolute Gasteiger partial charge is 0.314 e. The minimum absolute atomic E-state index is 0.0539. The van der Waals surface area contributed by atoms with E-state index in [1.807, 2.05) is 0 Å². The Bertz CT molecular complexity index is 1220. The summed E-state index contributed by atoms with van der Waals surface area (Å²) in [7, 11) is -3.97. The molecular weight excluding hydrogens is 436 g/mol. The number of sulfonamides is 1. The first-order chi connectivity index (χ1) is 11.7. The molecule has 0 aliphatic heterocycles. The molecule has 0 aliphatic carbocycles. The van der Waals surface area contributed by atoms with Gasteiger partial charge in [-0.2, -0.15) is 0 Å². The van der Waals surface area contributed by atoms with Crippen LogP contribution in [-0.4, -0.2) is 23.4 Å². The number of aromatic amines is 2. The fourth-order valence-electron chi connectivity index (χ4n) is 2.23. The number of H-pyrrole nitrogens is 2. The minimum atomic E-state index is -3.97. The van der Waals surface area contributed by atoms with Gasteiger partial charge in [0.15, 0.2) is 0 Å². The number of halogens is 2. The Balaban J connectivity index is 2.11. The number of benzene rings is 1. The first-order valence-electron chi connectivity index (χ1n) is 6.78. The lowest BCUT2D eigenvalue weighted by atomic mass is 10.2. The molecule has 0 saturated heterocycles. The standard InChI is InChI=1S/C14H10BrClN4O4S/c1-6-2-9-10(19-14(22)13(21)18-9)4-11(6)25(23,24)20-7-3-8(16)12(15)17-5-7/h2-5,20H,1H3,(H,18,21)(H,19,22). The quantitative estimate of drug-likeness (QED) is 0.421. The van der Waals surface area contributed by atoms with Crippen molar-refractivity contribution < 1.29 is 8.42 Å². The van der Waals surface area contributed by atoms with Crippen LogP contribution in [0, 0.1) is 6.92 Å². The molecule has 130 valence electrons. The van der Waals surface area contributed by atoms with Crippen LogP contribution < -0.4 is 15.8 Å². The Morgan fingerprint density at radius 2 is 1.72 bits per heavy atom. The Labute approximate surface area is 154 Å². The Morgan fingerprint density at radius 3 is 2.32 bits per heavy atom. The lowest BCUT2D eigenvalue weighted by molar-refractivity contribution is 0.600. The normalized spacial score (nSPS) is 11.6. The molecule has 0 amide bonds. The highest BCUT2D eigenvalue weighted by Crippen LogP contribution is 2.26. The molecule has 0 saturated carbocycles.